The predicted octanol–water partition coefficient (Wildman–Crippen LogP) is 1.19. The molecule has 2 atom stereocenters. The van der Waals surface area contributed by atoms with Gasteiger partial charge in [0.05, 0.1) is 12.6 Å². The van der Waals surface area contributed by atoms with E-state index in [1.165, 1.54) is 12.8 Å². The number of halogens is 1. The normalized spacial score (nSPS) is 27.8. The van der Waals surface area contributed by atoms with Gasteiger partial charge in [-0.05, 0) is 32.2 Å². The van der Waals surface area contributed by atoms with Gasteiger partial charge >= 0.3 is 0 Å². The van der Waals surface area contributed by atoms with Gasteiger partial charge in [-0.1, -0.05) is 0 Å². The maximum Gasteiger partial charge on any atom is 0.222 e. The number of hydrogen-bond donors (Lipinski definition) is 1. The fraction of sp³-hybridized carbons (Fsp3) is 0.917. The summed E-state index contributed by atoms with van der Waals surface area (Å²) < 4.78 is 5.30. The largest absolute Gasteiger partial charge is 0.379 e. The Labute approximate surface area is 109 Å². The quantitative estimate of drug-likeness (QED) is 0.828. The highest BCUT2D eigenvalue weighted by atomic mass is 35.5. The van der Waals surface area contributed by atoms with E-state index in [9.17, 15) is 4.79 Å². The molecule has 5 heteroatoms. The molecular weight excluding hydrogens is 240 g/mol. The average Bonchev–Trinajstić information content (AvgIpc) is 2.96. The molecule has 0 radical (unpaired) electrons. The molecule has 17 heavy (non-hydrogen) atoms. The predicted molar refractivity (Wildman–Crippen MR) is 69.5 cm³/mol. The molecule has 0 spiro atoms. The molecule has 100 valence electrons. The van der Waals surface area contributed by atoms with Crippen LogP contribution in [0.3, 0.4) is 0 Å². The molecule has 0 bridgehead atoms. The molecular formula is C12H23ClN2O2. The van der Waals surface area contributed by atoms with Crippen molar-refractivity contribution >= 4 is 18.3 Å². The van der Waals surface area contributed by atoms with Gasteiger partial charge in [-0.3, -0.25) is 4.79 Å². The number of hydrogen-bond acceptors (Lipinski definition) is 3. The van der Waals surface area contributed by atoms with E-state index in [1.807, 2.05) is 11.9 Å². The van der Waals surface area contributed by atoms with E-state index in [1.54, 1.807) is 0 Å². The molecule has 2 saturated heterocycles. The Balaban J connectivity index is 0.00000144. The summed E-state index contributed by atoms with van der Waals surface area (Å²) in [6.45, 7) is 2.63. The standard InChI is InChI=1S/C12H22N2O2.ClH/c1-14(11-6-8-16-9-11)12(15)5-4-10-3-2-7-13-10;/h10-11,13H,2-9H2,1H3;1H. The number of nitrogens with zero attached hydrogens (tertiary/aromatic N) is 1. The van der Waals surface area contributed by atoms with E-state index in [0.29, 0.717) is 25.1 Å². The highest BCUT2D eigenvalue weighted by molar-refractivity contribution is 5.85. The molecule has 1 N–H and O–H groups in total. The second-order valence-electron chi connectivity index (χ2n) is 4.85. The molecule has 2 aliphatic heterocycles. The monoisotopic (exact) mass is 262 g/mol. The van der Waals surface area contributed by atoms with E-state index in [4.69, 9.17) is 4.74 Å². The summed E-state index contributed by atoms with van der Waals surface area (Å²) in [4.78, 5) is 13.8. The summed E-state index contributed by atoms with van der Waals surface area (Å²) in [6.07, 6.45) is 5.13. The first-order valence-electron chi connectivity index (χ1n) is 6.34. The lowest BCUT2D eigenvalue weighted by Crippen LogP contribution is -2.38. The minimum atomic E-state index is 0. The van der Waals surface area contributed by atoms with E-state index in [-0.39, 0.29) is 18.3 Å². The summed E-state index contributed by atoms with van der Waals surface area (Å²) in [5, 5.41) is 3.42. The topological polar surface area (TPSA) is 41.6 Å². The fourth-order valence-corrected chi connectivity index (χ4v) is 2.51. The Kier molecular flexibility index (Phi) is 6.23. The van der Waals surface area contributed by atoms with Crippen LogP contribution in [0.5, 0.6) is 0 Å². The van der Waals surface area contributed by atoms with Crippen molar-refractivity contribution in [2.45, 2.75) is 44.2 Å². The van der Waals surface area contributed by atoms with Gasteiger partial charge in [-0.2, -0.15) is 0 Å². The van der Waals surface area contributed by atoms with Crippen LogP contribution in [0.1, 0.15) is 32.1 Å². The molecule has 0 saturated carbocycles. The van der Waals surface area contributed by atoms with Gasteiger partial charge < -0.3 is 15.0 Å². The van der Waals surface area contributed by atoms with Crippen LogP contribution in [0, 0.1) is 0 Å². The molecule has 0 aromatic rings. The molecule has 2 heterocycles. The molecule has 2 aliphatic rings. The van der Waals surface area contributed by atoms with Crippen molar-refractivity contribution < 1.29 is 9.53 Å². The molecule has 0 aliphatic carbocycles. The number of carbonyl (C=O) groups excluding carboxylic acids is 1. The fourth-order valence-electron chi connectivity index (χ4n) is 2.51. The van der Waals surface area contributed by atoms with Crippen molar-refractivity contribution in [3.8, 4) is 0 Å². The van der Waals surface area contributed by atoms with Crippen LogP contribution in [0.25, 0.3) is 0 Å². The number of nitrogens with one attached hydrogen (secondary N) is 1. The minimum Gasteiger partial charge on any atom is -0.379 e. The number of rotatable bonds is 4. The first kappa shape index (κ1) is 14.7. The van der Waals surface area contributed by atoms with Crippen molar-refractivity contribution in [3.05, 3.63) is 0 Å². The first-order chi connectivity index (χ1) is 7.77. The highest BCUT2D eigenvalue weighted by Crippen LogP contribution is 2.15. The van der Waals surface area contributed by atoms with Crippen LogP contribution in [0.4, 0.5) is 0 Å². The van der Waals surface area contributed by atoms with E-state index >= 15 is 0 Å². The molecule has 2 unspecified atom stereocenters. The number of amides is 1. The van der Waals surface area contributed by atoms with Crippen LogP contribution >= 0.6 is 12.4 Å². The Morgan fingerprint density at radius 3 is 2.88 bits per heavy atom. The van der Waals surface area contributed by atoms with Crippen molar-refractivity contribution in [2.75, 3.05) is 26.8 Å². The molecule has 2 fully saturated rings. The van der Waals surface area contributed by atoms with Gasteiger partial charge in [-0.25, -0.2) is 0 Å². The SMILES string of the molecule is CN(C(=O)CCC1CCCN1)C1CCOC1.Cl. The van der Waals surface area contributed by atoms with Crippen LogP contribution in [0.15, 0.2) is 0 Å². The summed E-state index contributed by atoms with van der Waals surface area (Å²) in [6, 6.07) is 0.876. The molecule has 4 nitrogen and oxygen atoms in total. The highest BCUT2D eigenvalue weighted by Gasteiger charge is 2.24. The molecule has 2 rings (SSSR count). The summed E-state index contributed by atoms with van der Waals surface area (Å²) in [7, 11) is 1.91. The van der Waals surface area contributed by atoms with Crippen LogP contribution in [-0.4, -0.2) is 49.7 Å². The molecule has 1 amide bonds. The average molecular weight is 263 g/mol. The lowest BCUT2D eigenvalue weighted by Gasteiger charge is -2.23. The zero-order chi connectivity index (χ0) is 11.4. The number of carbonyl (C=O) groups is 1. The number of likely N-dealkylation sites (N-methyl/N-ethyl adjacent to an activating group) is 1. The van der Waals surface area contributed by atoms with Gasteiger partial charge in [0.1, 0.15) is 0 Å². The number of ether oxygens (including phenoxy) is 1. The van der Waals surface area contributed by atoms with Gasteiger partial charge in [0.2, 0.25) is 5.91 Å². The van der Waals surface area contributed by atoms with Gasteiger partial charge in [-0.15, -0.1) is 12.4 Å². The third kappa shape index (κ3) is 4.12. The van der Waals surface area contributed by atoms with Crippen LogP contribution in [0.2, 0.25) is 0 Å². The van der Waals surface area contributed by atoms with Crippen molar-refractivity contribution in [3.63, 3.8) is 0 Å². The second kappa shape index (κ2) is 7.19. The zero-order valence-electron chi connectivity index (χ0n) is 10.5. The van der Waals surface area contributed by atoms with Gasteiger partial charge in [0, 0.05) is 26.1 Å². The summed E-state index contributed by atoms with van der Waals surface area (Å²) in [5.41, 5.74) is 0. The summed E-state index contributed by atoms with van der Waals surface area (Å²) >= 11 is 0. The van der Waals surface area contributed by atoms with E-state index < -0.39 is 0 Å². The Bertz CT molecular complexity index is 239. The first-order valence-corrected chi connectivity index (χ1v) is 6.34. The van der Waals surface area contributed by atoms with Crippen molar-refractivity contribution in [2.24, 2.45) is 0 Å². The summed E-state index contributed by atoms with van der Waals surface area (Å²) in [5.74, 6) is 0.268. The van der Waals surface area contributed by atoms with Crippen LogP contribution in [-0.2, 0) is 9.53 Å². The van der Waals surface area contributed by atoms with E-state index in [2.05, 4.69) is 5.32 Å². The second-order valence-corrected chi connectivity index (χ2v) is 4.85. The van der Waals surface area contributed by atoms with Gasteiger partial charge in [0.25, 0.3) is 0 Å². The van der Waals surface area contributed by atoms with Crippen LogP contribution < -0.4 is 5.32 Å². The Hall–Kier alpha value is -0.320. The Morgan fingerprint density at radius 1 is 1.47 bits per heavy atom. The van der Waals surface area contributed by atoms with E-state index in [0.717, 1.165) is 26.0 Å². The van der Waals surface area contributed by atoms with Gasteiger partial charge in [0.15, 0.2) is 0 Å². The maximum atomic E-state index is 11.9. The van der Waals surface area contributed by atoms with Crippen molar-refractivity contribution in [1.82, 2.24) is 10.2 Å². The molecule has 0 aromatic carbocycles. The lowest BCUT2D eigenvalue weighted by molar-refractivity contribution is -0.132. The van der Waals surface area contributed by atoms with Crippen molar-refractivity contribution in [1.29, 1.82) is 0 Å². The third-order valence-corrected chi connectivity index (χ3v) is 3.72. The molecule has 0 aromatic heterocycles. The zero-order valence-corrected chi connectivity index (χ0v) is 11.3. The smallest absolute Gasteiger partial charge is 0.222 e. The lowest BCUT2D eigenvalue weighted by atomic mass is 10.1. The third-order valence-electron chi connectivity index (χ3n) is 3.72. The Morgan fingerprint density at radius 2 is 2.29 bits per heavy atom. The maximum absolute atomic E-state index is 11.9. The minimum absolute atomic E-state index is 0.